The summed E-state index contributed by atoms with van der Waals surface area (Å²) in [6, 6.07) is 13.5. The van der Waals surface area contributed by atoms with Gasteiger partial charge in [0.15, 0.2) is 0 Å². The summed E-state index contributed by atoms with van der Waals surface area (Å²) in [6.45, 7) is 8.31. The number of fused-ring (bicyclic) bond motifs is 1. The molecule has 1 saturated heterocycles. The van der Waals surface area contributed by atoms with Gasteiger partial charge < -0.3 is 19.9 Å². The van der Waals surface area contributed by atoms with Gasteiger partial charge in [-0.05, 0) is 68.5 Å². The van der Waals surface area contributed by atoms with Gasteiger partial charge in [0.25, 0.3) is 0 Å². The van der Waals surface area contributed by atoms with E-state index >= 15 is 0 Å². The van der Waals surface area contributed by atoms with Crippen molar-refractivity contribution in [3.8, 4) is 11.8 Å². The number of benzene rings is 1. The third kappa shape index (κ3) is 5.02. The Labute approximate surface area is 178 Å². The van der Waals surface area contributed by atoms with Gasteiger partial charge in [-0.3, -0.25) is 4.98 Å². The number of anilines is 1. The second kappa shape index (κ2) is 9.80. The van der Waals surface area contributed by atoms with Gasteiger partial charge in [0.05, 0.1) is 12.2 Å². The fourth-order valence-electron chi connectivity index (χ4n) is 3.98. The molecule has 2 aromatic heterocycles. The Morgan fingerprint density at radius 2 is 2.03 bits per heavy atom. The summed E-state index contributed by atoms with van der Waals surface area (Å²) in [7, 11) is 0. The zero-order valence-electron chi connectivity index (χ0n) is 17.9. The minimum absolute atomic E-state index is 0.563. The lowest BCUT2D eigenvalue weighted by Crippen LogP contribution is -2.34. The van der Waals surface area contributed by atoms with Crippen molar-refractivity contribution >= 4 is 16.6 Å². The average molecular weight is 403 g/mol. The second-order valence-electron chi connectivity index (χ2n) is 7.78. The van der Waals surface area contributed by atoms with Crippen molar-refractivity contribution in [2.45, 2.75) is 45.8 Å². The average Bonchev–Trinajstić information content (AvgIpc) is 3.12. The van der Waals surface area contributed by atoms with Crippen LogP contribution in [0.2, 0.25) is 0 Å². The van der Waals surface area contributed by atoms with Gasteiger partial charge in [-0.1, -0.05) is 12.0 Å². The maximum atomic E-state index is 5.45. The maximum absolute atomic E-state index is 5.45. The van der Waals surface area contributed by atoms with Crippen molar-refractivity contribution in [3.05, 3.63) is 59.5 Å². The standard InChI is InChI=1S/C25H30N4O/c1-3-29-24(5-4-11-27-23-8-12-26-19(2)15-23)17-21-16-20(6-7-25(21)29)18-28-22-9-13-30-14-10-22/h6-8,12,15-17,22,28H,3,9-11,13-14,18H2,1-2H3,(H,26,27). The summed E-state index contributed by atoms with van der Waals surface area (Å²) >= 11 is 0. The molecule has 0 aliphatic carbocycles. The Balaban J connectivity index is 1.44. The van der Waals surface area contributed by atoms with E-state index in [9.17, 15) is 0 Å². The van der Waals surface area contributed by atoms with Gasteiger partial charge in [-0.15, -0.1) is 0 Å². The smallest absolute Gasteiger partial charge is 0.0931 e. The minimum atomic E-state index is 0.563. The van der Waals surface area contributed by atoms with E-state index in [-0.39, 0.29) is 0 Å². The molecule has 3 heterocycles. The number of ether oxygens (including phenoxy) is 1. The highest BCUT2D eigenvalue weighted by Crippen LogP contribution is 2.21. The molecule has 156 valence electrons. The van der Waals surface area contributed by atoms with E-state index in [1.165, 1.54) is 16.5 Å². The van der Waals surface area contributed by atoms with Crippen LogP contribution in [0.4, 0.5) is 5.69 Å². The van der Waals surface area contributed by atoms with Gasteiger partial charge >= 0.3 is 0 Å². The van der Waals surface area contributed by atoms with E-state index in [4.69, 9.17) is 4.74 Å². The molecule has 0 radical (unpaired) electrons. The highest BCUT2D eigenvalue weighted by Gasteiger charge is 2.13. The van der Waals surface area contributed by atoms with Crippen LogP contribution in [-0.4, -0.2) is 35.4 Å². The van der Waals surface area contributed by atoms with Crippen LogP contribution >= 0.6 is 0 Å². The number of nitrogens with zero attached hydrogens (tertiary/aromatic N) is 2. The van der Waals surface area contributed by atoms with Crippen LogP contribution in [0.15, 0.2) is 42.6 Å². The lowest BCUT2D eigenvalue weighted by atomic mass is 10.1. The quantitative estimate of drug-likeness (QED) is 0.610. The van der Waals surface area contributed by atoms with Crippen molar-refractivity contribution in [1.82, 2.24) is 14.9 Å². The van der Waals surface area contributed by atoms with Crippen LogP contribution in [0.1, 0.15) is 36.7 Å². The van der Waals surface area contributed by atoms with Crippen LogP contribution in [-0.2, 0) is 17.8 Å². The zero-order valence-corrected chi connectivity index (χ0v) is 17.9. The Bertz CT molecular complexity index is 1050. The molecular weight excluding hydrogens is 372 g/mol. The monoisotopic (exact) mass is 402 g/mol. The summed E-state index contributed by atoms with van der Waals surface area (Å²) in [4.78, 5) is 4.22. The Morgan fingerprint density at radius 1 is 1.17 bits per heavy atom. The maximum Gasteiger partial charge on any atom is 0.0931 e. The molecule has 5 nitrogen and oxygen atoms in total. The Kier molecular flexibility index (Phi) is 6.68. The number of rotatable bonds is 6. The number of pyridine rings is 1. The number of hydrogen-bond acceptors (Lipinski definition) is 4. The van der Waals surface area contributed by atoms with Crippen molar-refractivity contribution in [2.24, 2.45) is 0 Å². The predicted octanol–water partition coefficient (Wildman–Crippen LogP) is 4.10. The predicted molar refractivity (Wildman–Crippen MR) is 123 cm³/mol. The first-order valence-electron chi connectivity index (χ1n) is 10.8. The van der Waals surface area contributed by atoms with Crippen molar-refractivity contribution in [1.29, 1.82) is 0 Å². The molecule has 0 saturated carbocycles. The Hall–Kier alpha value is -2.81. The highest BCUT2D eigenvalue weighted by atomic mass is 16.5. The SMILES string of the molecule is CCn1c(C#CCNc2ccnc(C)c2)cc2cc(CNC3CCOCC3)ccc21. The van der Waals surface area contributed by atoms with E-state index in [0.29, 0.717) is 12.6 Å². The van der Waals surface area contributed by atoms with E-state index in [0.717, 1.165) is 56.2 Å². The first-order valence-corrected chi connectivity index (χ1v) is 10.8. The van der Waals surface area contributed by atoms with Crippen LogP contribution in [0.5, 0.6) is 0 Å². The molecule has 2 N–H and O–H groups in total. The van der Waals surface area contributed by atoms with Crippen molar-refractivity contribution in [2.75, 3.05) is 25.1 Å². The van der Waals surface area contributed by atoms with E-state index < -0.39 is 0 Å². The number of nitrogens with one attached hydrogen (secondary N) is 2. The number of hydrogen-bond donors (Lipinski definition) is 2. The zero-order chi connectivity index (χ0) is 20.8. The molecule has 3 aromatic rings. The minimum Gasteiger partial charge on any atom is -0.381 e. The summed E-state index contributed by atoms with van der Waals surface area (Å²) in [5.74, 6) is 6.61. The van der Waals surface area contributed by atoms with Crippen molar-refractivity contribution < 1.29 is 4.74 Å². The van der Waals surface area contributed by atoms with Crippen molar-refractivity contribution in [3.63, 3.8) is 0 Å². The molecule has 5 heteroatoms. The largest absolute Gasteiger partial charge is 0.381 e. The molecule has 4 rings (SSSR count). The molecule has 1 aliphatic rings. The van der Waals surface area contributed by atoms with E-state index in [1.807, 2.05) is 25.3 Å². The fourth-order valence-corrected chi connectivity index (χ4v) is 3.98. The van der Waals surface area contributed by atoms with Gasteiger partial charge in [-0.2, -0.15) is 0 Å². The topological polar surface area (TPSA) is 51.1 Å². The van der Waals surface area contributed by atoms with Crippen LogP contribution in [0.25, 0.3) is 10.9 Å². The molecule has 1 fully saturated rings. The molecule has 0 unspecified atom stereocenters. The first kappa shape index (κ1) is 20.5. The Morgan fingerprint density at radius 3 is 2.83 bits per heavy atom. The molecule has 0 spiro atoms. The van der Waals surface area contributed by atoms with Gasteiger partial charge in [0.2, 0.25) is 0 Å². The highest BCUT2D eigenvalue weighted by molar-refractivity contribution is 5.83. The summed E-state index contributed by atoms with van der Waals surface area (Å²) in [6.07, 6.45) is 4.01. The number of aryl methyl sites for hydroxylation is 2. The van der Waals surface area contributed by atoms with Gasteiger partial charge in [0, 0.05) is 60.8 Å². The van der Waals surface area contributed by atoms with Crippen LogP contribution in [0, 0.1) is 18.8 Å². The first-order chi connectivity index (χ1) is 14.7. The normalized spacial score (nSPS) is 14.5. The van der Waals surface area contributed by atoms with E-state index in [1.54, 1.807) is 0 Å². The second-order valence-corrected chi connectivity index (χ2v) is 7.78. The summed E-state index contributed by atoms with van der Waals surface area (Å²) in [5.41, 5.74) is 5.68. The van der Waals surface area contributed by atoms with Gasteiger partial charge in [-0.25, -0.2) is 0 Å². The third-order valence-corrected chi connectivity index (χ3v) is 5.59. The van der Waals surface area contributed by atoms with E-state index in [2.05, 4.69) is 63.2 Å². The lowest BCUT2D eigenvalue weighted by molar-refractivity contribution is 0.0776. The molecule has 30 heavy (non-hydrogen) atoms. The molecule has 0 bridgehead atoms. The fraction of sp³-hybridized carbons (Fsp3) is 0.400. The van der Waals surface area contributed by atoms with Crippen LogP contribution < -0.4 is 10.6 Å². The lowest BCUT2D eigenvalue weighted by Gasteiger charge is -2.23. The number of aromatic nitrogens is 2. The molecule has 1 aromatic carbocycles. The molecule has 0 atom stereocenters. The van der Waals surface area contributed by atoms with Crippen LogP contribution in [0.3, 0.4) is 0 Å². The summed E-state index contributed by atoms with van der Waals surface area (Å²) in [5, 5.41) is 8.27. The third-order valence-electron chi connectivity index (χ3n) is 5.59. The molecular formula is C25H30N4O. The molecule has 0 amide bonds. The molecule has 1 aliphatic heterocycles. The van der Waals surface area contributed by atoms with Gasteiger partial charge in [0.1, 0.15) is 0 Å². The summed E-state index contributed by atoms with van der Waals surface area (Å²) < 4.78 is 7.73.